The fourth-order valence-electron chi connectivity index (χ4n) is 1.99. The van der Waals surface area contributed by atoms with Gasteiger partial charge in [0.25, 0.3) is 0 Å². The maximum atomic E-state index is 12.8. The number of methoxy groups -OCH3 is 1. The Morgan fingerprint density at radius 1 is 1.25 bits per heavy atom. The lowest BCUT2D eigenvalue weighted by Crippen LogP contribution is -2.48. The average Bonchev–Trinajstić information content (AvgIpc) is 2.46. The molecule has 1 aromatic carbocycles. The largest absolute Gasteiger partial charge is 0.490 e. The third-order valence-corrected chi connectivity index (χ3v) is 3.84. The molecule has 0 heterocycles. The summed E-state index contributed by atoms with van der Waals surface area (Å²) in [5, 5.41) is 0. The smallest absolute Gasteiger partial charge is 0.186 e. The topological polar surface area (TPSA) is 38.8 Å². The maximum absolute atomic E-state index is 12.8. The van der Waals surface area contributed by atoms with E-state index in [1.54, 1.807) is 7.11 Å². The van der Waals surface area contributed by atoms with Gasteiger partial charge in [-0.3, -0.25) is 9.69 Å². The molecule has 4 heteroatoms. The van der Waals surface area contributed by atoms with E-state index in [1.165, 1.54) is 0 Å². The molecule has 1 rings (SSSR count). The Hall–Kier alpha value is -1.39. The molecule has 0 radical (unpaired) electrons. The normalized spacial score (nSPS) is 14.1. The summed E-state index contributed by atoms with van der Waals surface area (Å²) < 4.78 is 10.6. The Morgan fingerprint density at radius 3 is 2.45 bits per heavy atom. The zero-order chi connectivity index (χ0) is 15.2. The third kappa shape index (κ3) is 3.58. The molecular weight excluding hydrogens is 254 g/mol. The Labute approximate surface area is 121 Å². The van der Waals surface area contributed by atoms with Gasteiger partial charge < -0.3 is 9.47 Å². The number of benzene rings is 1. The minimum Gasteiger partial charge on any atom is -0.490 e. The predicted octanol–water partition coefficient (Wildman–Crippen LogP) is 2.62. The van der Waals surface area contributed by atoms with Crippen molar-refractivity contribution in [2.45, 2.75) is 25.8 Å². The van der Waals surface area contributed by atoms with E-state index >= 15 is 0 Å². The number of nitrogens with zero attached hydrogens (tertiary/aromatic N) is 1. The monoisotopic (exact) mass is 279 g/mol. The van der Waals surface area contributed by atoms with Crippen molar-refractivity contribution >= 4 is 5.78 Å². The highest BCUT2D eigenvalue weighted by Gasteiger charge is 2.35. The number of likely N-dealkylation sites (N-methyl/N-ethyl adjacent to an activating group) is 1. The van der Waals surface area contributed by atoms with E-state index in [0.29, 0.717) is 24.5 Å². The van der Waals surface area contributed by atoms with Crippen LogP contribution in [0.4, 0.5) is 0 Å². The molecule has 0 N–H and O–H groups in total. The molecule has 1 unspecified atom stereocenters. The molecule has 1 atom stereocenters. The van der Waals surface area contributed by atoms with Crippen molar-refractivity contribution in [2.75, 3.05) is 34.4 Å². The van der Waals surface area contributed by atoms with Crippen LogP contribution >= 0.6 is 0 Å². The van der Waals surface area contributed by atoms with E-state index < -0.39 is 5.54 Å². The number of Topliss-reactive ketones (excluding diaryl/α,β-unsaturated/α-hetero) is 1. The highest BCUT2D eigenvalue weighted by atomic mass is 16.5. The van der Waals surface area contributed by atoms with Gasteiger partial charge >= 0.3 is 0 Å². The molecule has 1 aromatic rings. The van der Waals surface area contributed by atoms with Crippen LogP contribution in [0, 0.1) is 0 Å². The summed E-state index contributed by atoms with van der Waals surface area (Å²) in [4.78, 5) is 14.8. The van der Waals surface area contributed by atoms with Gasteiger partial charge in [0.2, 0.25) is 0 Å². The molecular formula is C16H25NO3. The molecule has 0 saturated heterocycles. The van der Waals surface area contributed by atoms with Crippen LogP contribution in [-0.2, 0) is 4.74 Å². The number of rotatable bonds is 8. The summed E-state index contributed by atoms with van der Waals surface area (Å²) in [5.41, 5.74) is 0.0995. The second kappa shape index (κ2) is 7.41. The maximum Gasteiger partial charge on any atom is 0.186 e. The lowest BCUT2D eigenvalue weighted by molar-refractivity contribution is 0.0704. The lowest BCUT2D eigenvalue weighted by Gasteiger charge is -2.34. The first-order valence-corrected chi connectivity index (χ1v) is 6.90. The number of carbonyl (C=O) groups excluding carboxylic acids is 1. The third-order valence-electron chi connectivity index (χ3n) is 3.84. The lowest BCUT2D eigenvalue weighted by atomic mass is 9.87. The highest BCUT2D eigenvalue weighted by molar-refractivity contribution is 6.05. The summed E-state index contributed by atoms with van der Waals surface area (Å²) in [6, 6.07) is 7.39. The van der Waals surface area contributed by atoms with Gasteiger partial charge in [-0.05, 0) is 39.6 Å². The molecule has 0 aromatic heterocycles. The van der Waals surface area contributed by atoms with E-state index in [9.17, 15) is 4.79 Å². The molecule has 20 heavy (non-hydrogen) atoms. The molecule has 112 valence electrons. The van der Waals surface area contributed by atoms with Crippen molar-refractivity contribution in [1.29, 1.82) is 0 Å². The number of para-hydroxylation sites is 1. The van der Waals surface area contributed by atoms with Gasteiger partial charge in [0.05, 0.1) is 17.7 Å². The Kier molecular flexibility index (Phi) is 6.17. The van der Waals surface area contributed by atoms with Crippen LogP contribution in [0.3, 0.4) is 0 Å². The number of ketones is 1. The minimum absolute atomic E-state index is 0.0815. The first kappa shape index (κ1) is 16.7. The van der Waals surface area contributed by atoms with Gasteiger partial charge in [0.15, 0.2) is 5.78 Å². The quantitative estimate of drug-likeness (QED) is 0.541. The summed E-state index contributed by atoms with van der Waals surface area (Å²) in [7, 11) is 5.48. The first-order chi connectivity index (χ1) is 9.47. The van der Waals surface area contributed by atoms with Crippen molar-refractivity contribution in [3.8, 4) is 5.75 Å². The van der Waals surface area contributed by atoms with Crippen molar-refractivity contribution in [1.82, 2.24) is 4.90 Å². The van der Waals surface area contributed by atoms with Gasteiger partial charge in [-0.2, -0.15) is 0 Å². The standard InChI is InChI=1S/C16H25NO3/c1-6-16(2,17(3)4)15(18)13-9-7-8-10-14(13)20-12-11-19-5/h7-10H,6,11-12H2,1-5H3. The molecule has 0 amide bonds. The zero-order valence-corrected chi connectivity index (χ0v) is 13.1. The van der Waals surface area contributed by atoms with E-state index in [-0.39, 0.29) is 5.78 Å². The highest BCUT2D eigenvalue weighted by Crippen LogP contribution is 2.27. The molecule has 0 spiro atoms. The summed E-state index contributed by atoms with van der Waals surface area (Å²) in [5.74, 6) is 0.703. The van der Waals surface area contributed by atoms with Gasteiger partial charge in [-0.25, -0.2) is 0 Å². The molecule has 4 nitrogen and oxygen atoms in total. The van der Waals surface area contributed by atoms with Crippen LogP contribution in [0.25, 0.3) is 0 Å². The predicted molar refractivity (Wildman–Crippen MR) is 80.5 cm³/mol. The fraction of sp³-hybridized carbons (Fsp3) is 0.562. The Balaban J connectivity index is 3.03. The second-order valence-electron chi connectivity index (χ2n) is 5.19. The van der Waals surface area contributed by atoms with Crippen molar-refractivity contribution < 1.29 is 14.3 Å². The summed E-state index contributed by atoms with van der Waals surface area (Å²) in [6.45, 7) is 4.92. The van der Waals surface area contributed by atoms with E-state index in [0.717, 1.165) is 6.42 Å². The Bertz CT molecular complexity index is 445. The number of hydrogen-bond donors (Lipinski definition) is 0. The molecule has 0 bridgehead atoms. The van der Waals surface area contributed by atoms with Crippen molar-refractivity contribution in [2.24, 2.45) is 0 Å². The van der Waals surface area contributed by atoms with Gasteiger partial charge in [-0.15, -0.1) is 0 Å². The van der Waals surface area contributed by atoms with Gasteiger partial charge in [-0.1, -0.05) is 19.1 Å². The van der Waals surface area contributed by atoms with Crippen LogP contribution in [-0.4, -0.2) is 50.6 Å². The average molecular weight is 279 g/mol. The molecule has 0 aliphatic rings. The van der Waals surface area contributed by atoms with Gasteiger partial charge in [0, 0.05) is 7.11 Å². The minimum atomic E-state index is -0.527. The van der Waals surface area contributed by atoms with Crippen LogP contribution in [0.5, 0.6) is 5.75 Å². The number of hydrogen-bond acceptors (Lipinski definition) is 4. The van der Waals surface area contributed by atoms with E-state index in [2.05, 4.69) is 0 Å². The second-order valence-corrected chi connectivity index (χ2v) is 5.19. The van der Waals surface area contributed by atoms with E-state index in [1.807, 2.05) is 57.1 Å². The number of carbonyl (C=O) groups is 1. The fourth-order valence-corrected chi connectivity index (χ4v) is 1.99. The van der Waals surface area contributed by atoms with Crippen LogP contribution in [0.1, 0.15) is 30.6 Å². The molecule has 0 fully saturated rings. The number of ether oxygens (including phenoxy) is 2. The van der Waals surface area contributed by atoms with Crippen molar-refractivity contribution in [3.63, 3.8) is 0 Å². The van der Waals surface area contributed by atoms with Crippen LogP contribution < -0.4 is 4.74 Å². The van der Waals surface area contributed by atoms with Crippen LogP contribution in [0.15, 0.2) is 24.3 Å². The van der Waals surface area contributed by atoms with Crippen molar-refractivity contribution in [3.05, 3.63) is 29.8 Å². The van der Waals surface area contributed by atoms with Gasteiger partial charge in [0.1, 0.15) is 12.4 Å². The first-order valence-electron chi connectivity index (χ1n) is 6.90. The summed E-state index contributed by atoms with van der Waals surface area (Å²) in [6.07, 6.45) is 0.741. The Morgan fingerprint density at radius 2 is 1.90 bits per heavy atom. The summed E-state index contributed by atoms with van der Waals surface area (Å²) >= 11 is 0. The van der Waals surface area contributed by atoms with Crippen LogP contribution in [0.2, 0.25) is 0 Å². The SMILES string of the molecule is CCC(C)(C(=O)c1ccccc1OCCOC)N(C)C. The molecule has 0 saturated carbocycles. The molecule has 0 aliphatic carbocycles. The zero-order valence-electron chi connectivity index (χ0n) is 13.1. The molecule has 0 aliphatic heterocycles. The van der Waals surface area contributed by atoms with E-state index in [4.69, 9.17) is 9.47 Å².